The van der Waals surface area contributed by atoms with Crippen molar-refractivity contribution >= 4 is 22.7 Å². The van der Waals surface area contributed by atoms with Gasteiger partial charge in [0.15, 0.2) is 5.69 Å². The van der Waals surface area contributed by atoms with Gasteiger partial charge in [-0.15, -0.1) is 0 Å². The number of oxime groups is 1. The molecule has 8 nitrogen and oxygen atoms in total. The minimum atomic E-state index is -0.938. The molecule has 1 aromatic carbocycles. The minimum absolute atomic E-state index is 0.0895. The van der Waals surface area contributed by atoms with Crippen LogP contribution in [0.3, 0.4) is 0 Å². The normalized spacial score (nSPS) is 31.3. The number of hydrogen-bond acceptors (Lipinski definition) is 6. The molecule has 8 heteroatoms. The number of rotatable bonds is 8. The molecule has 2 aliphatic carbocycles. The van der Waals surface area contributed by atoms with E-state index in [1.54, 1.807) is 0 Å². The number of carboxylic acids is 1. The largest absolute Gasteiger partial charge is 0.481 e. The van der Waals surface area contributed by atoms with E-state index in [2.05, 4.69) is 10.1 Å². The second-order valence-electron chi connectivity index (χ2n) is 12.3. The van der Waals surface area contributed by atoms with Crippen LogP contribution in [0.4, 0.5) is 0 Å². The molecule has 1 aromatic heterocycles. The zero-order valence-corrected chi connectivity index (χ0v) is 23.1. The molecule has 2 saturated carbocycles. The third kappa shape index (κ3) is 5.37. The van der Waals surface area contributed by atoms with E-state index in [0.29, 0.717) is 30.4 Å². The predicted molar refractivity (Wildman–Crippen MR) is 151 cm³/mol. The summed E-state index contributed by atoms with van der Waals surface area (Å²) in [6.45, 7) is 2.15. The van der Waals surface area contributed by atoms with Crippen LogP contribution in [0.2, 0.25) is 0 Å². The highest BCUT2D eigenvalue weighted by Gasteiger charge is 2.45. The number of fused-ring (bicyclic) bond motifs is 5. The molecule has 4 fully saturated rings. The fourth-order valence-corrected chi connectivity index (χ4v) is 8.42. The number of nitrogens with zero attached hydrogens (tertiary/aromatic N) is 4. The highest BCUT2D eigenvalue weighted by Crippen LogP contribution is 2.47. The summed E-state index contributed by atoms with van der Waals surface area (Å²) in [5.41, 5.74) is 1.94. The summed E-state index contributed by atoms with van der Waals surface area (Å²) in [5, 5.41) is 13.5. The Hall–Kier alpha value is -2.74. The standard InChI is InChI=1S/C31H42N4O4/c1-2-39-33-27(13-14-29(36)37)30-31(38)35(28-12-4-3-11-26(28)32-30)25-18-22-9-6-10-23(19-25)34(22)24-16-20-7-5-8-21(15-20)17-24/h3-4,11-12,20-25H,2,5-10,13-19H2,1H3,(H,36,37)/b33-27+/t20?,21?,22-,23+,24?,25+. The molecule has 1 N–H and O–H groups in total. The van der Waals surface area contributed by atoms with Gasteiger partial charge in [-0.25, -0.2) is 4.98 Å². The lowest BCUT2D eigenvalue weighted by Crippen LogP contribution is -2.58. The van der Waals surface area contributed by atoms with E-state index in [0.717, 1.165) is 35.7 Å². The van der Waals surface area contributed by atoms with Gasteiger partial charge < -0.3 is 14.5 Å². The van der Waals surface area contributed by atoms with Crippen LogP contribution in [-0.4, -0.2) is 56.0 Å². The quantitative estimate of drug-likeness (QED) is 0.353. The van der Waals surface area contributed by atoms with Crippen molar-refractivity contribution in [3.63, 3.8) is 0 Å². The van der Waals surface area contributed by atoms with Gasteiger partial charge in [0.2, 0.25) is 0 Å². The number of benzene rings is 1. The van der Waals surface area contributed by atoms with Gasteiger partial charge in [-0.05, 0) is 75.8 Å². The van der Waals surface area contributed by atoms with Crippen LogP contribution in [0.5, 0.6) is 0 Å². The smallest absolute Gasteiger partial charge is 0.303 e. The van der Waals surface area contributed by atoms with Crippen molar-refractivity contribution in [2.24, 2.45) is 17.0 Å². The second kappa shape index (κ2) is 11.4. The van der Waals surface area contributed by atoms with Crippen LogP contribution in [-0.2, 0) is 9.63 Å². The maximum atomic E-state index is 14.2. The summed E-state index contributed by atoms with van der Waals surface area (Å²) >= 11 is 0. The Bertz CT molecular complexity index is 1260. The first kappa shape index (κ1) is 26.5. The molecule has 4 aliphatic rings. The van der Waals surface area contributed by atoms with Crippen molar-refractivity contribution in [2.45, 2.75) is 115 Å². The van der Waals surface area contributed by atoms with Crippen molar-refractivity contribution in [2.75, 3.05) is 6.61 Å². The van der Waals surface area contributed by atoms with E-state index in [1.165, 1.54) is 57.8 Å². The molecule has 6 rings (SSSR count). The summed E-state index contributed by atoms with van der Waals surface area (Å²) in [6, 6.07) is 9.64. The SMILES string of the molecule is CCO/N=C(\CCC(=O)O)c1nc2ccccc2n([C@H]2C[C@H]3CCC[C@@H](C2)N3C2CC3CCCC(C3)C2)c1=O. The third-order valence-corrected chi connectivity index (χ3v) is 9.84. The van der Waals surface area contributed by atoms with Crippen LogP contribution >= 0.6 is 0 Å². The molecule has 2 saturated heterocycles. The molecule has 0 radical (unpaired) electrons. The molecule has 5 atom stereocenters. The molecule has 39 heavy (non-hydrogen) atoms. The maximum absolute atomic E-state index is 14.2. The number of piperidine rings is 2. The number of carbonyl (C=O) groups is 1. The summed E-state index contributed by atoms with van der Waals surface area (Å²) in [4.78, 5) is 38.4. The molecule has 2 unspecified atom stereocenters. The fourth-order valence-electron chi connectivity index (χ4n) is 8.42. The molecular weight excluding hydrogens is 492 g/mol. The average Bonchev–Trinajstić information content (AvgIpc) is 2.92. The van der Waals surface area contributed by atoms with Gasteiger partial charge in [0, 0.05) is 30.6 Å². The van der Waals surface area contributed by atoms with Crippen LogP contribution < -0.4 is 5.56 Å². The van der Waals surface area contributed by atoms with Gasteiger partial charge >= 0.3 is 5.97 Å². The average molecular weight is 535 g/mol. The lowest BCUT2D eigenvalue weighted by molar-refractivity contribution is -0.136. The lowest BCUT2D eigenvalue weighted by Gasteiger charge is -2.55. The van der Waals surface area contributed by atoms with Crippen LogP contribution in [0.15, 0.2) is 34.2 Å². The maximum Gasteiger partial charge on any atom is 0.303 e. The first-order valence-electron chi connectivity index (χ1n) is 15.2. The van der Waals surface area contributed by atoms with Crippen molar-refractivity contribution < 1.29 is 14.7 Å². The van der Waals surface area contributed by atoms with Gasteiger partial charge in [0.1, 0.15) is 12.3 Å². The zero-order chi connectivity index (χ0) is 26.9. The fraction of sp³-hybridized carbons (Fsp3) is 0.677. The summed E-state index contributed by atoms with van der Waals surface area (Å²) < 4.78 is 1.97. The molecular formula is C31H42N4O4. The Morgan fingerprint density at radius 1 is 0.949 bits per heavy atom. The van der Waals surface area contributed by atoms with E-state index in [9.17, 15) is 14.7 Å². The lowest BCUT2D eigenvalue weighted by atomic mass is 9.68. The van der Waals surface area contributed by atoms with Gasteiger partial charge in [0.05, 0.1) is 17.5 Å². The first-order chi connectivity index (χ1) is 19.0. The molecule has 3 heterocycles. The van der Waals surface area contributed by atoms with Gasteiger partial charge in [-0.3, -0.25) is 14.5 Å². The molecule has 4 bridgehead atoms. The van der Waals surface area contributed by atoms with E-state index in [-0.39, 0.29) is 30.1 Å². The number of aliphatic carboxylic acids is 1. The van der Waals surface area contributed by atoms with Crippen LogP contribution in [0, 0.1) is 11.8 Å². The van der Waals surface area contributed by atoms with Crippen molar-refractivity contribution in [1.29, 1.82) is 0 Å². The van der Waals surface area contributed by atoms with Crippen LogP contribution in [0.1, 0.15) is 102 Å². The Morgan fingerprint density at radius 3 is 2.33 bits per heavy atom. The number of para-hydroxylation sites is 2. The van der Waals surface area contributed by atoms with Crippen LogP contribution in [0.25, 0.3) is 11.0 Å². The Balaban J connectivity index is 1.35. The Kier molecular flexibility index (Phi) is 7.74. The summed E-state index contributed by atoms with van der Waals surface area (Å²) in [5.74, 6) is 0.876. The third-order valence-electron chi connectivity index (χ3n) is 9.84. The monoisotopic (exact) mass is 534 g/mol. The van der Waals surface area contributed by atoms with Crippen molar-refractivity contribution in [3.05, 3.63) is 40.3 Å². The number of hydrogen-bond donors (Lipinski definition) is 1. The molecule has 2 aliphatic heterocycles. The molecule has 2 aromatic rings. The second-order valence-corrected chi connectivity index (χ2v) is 12.3. The van der Waals surface area contributed by atoms with Gasteiger partial charge in [0.25, 0.3) is 5.56 Å². The van der Waals surface area contributed by atoms with E-state index < -0.39 is 5.97 Å². The number of carboxylic acid groups (broad SMARTS) is 1. The summed E-state index contributed by atoms with van der Waals surface area (Å²) in [7, 11) is 0. The predicted octanol–water partition coefficient (Wildman–Crippen LogP) is 5.53. The number of aromatic nitrogens is 2. The van der Waals surface area contributed by atoms with Gasteiger partial charge in [-0.1, -0.05) is 43.0 Å². The van der Waals surface area contributed by atoms with Crippen molar-refractivity contribution in [1.82, 2.24) is 14.5 Å². The molecule has 0 spiro atoms. The Labute approximate surface area is 230 Å². The zero-order valence-electron chi connectivity index (χ0n) is 23.1. The first-order valence-corrected chi connectivity index (χ1v) is 15.2. The highest BCUT2D eigenvalue weighted by atomic mass is 16.6. The topological polar surface area (TPSA) is 97.0 Å². The summed E-state index contributed by atoms with van der Waals surface area (Å²) in [6.07, 6.45) is 14.0. The highest BCUT2D eigenvalue weighted by molar-refractivity contribution is 6.00. The van der Waals surface area contributed by atoms with E-state index in [4.69, 9.17) is 9.82 Å². The van der Waals surface area contributed by atoms with Crippen molar-refractivity contribution in [3.8, 4) is 0 Å². The molecule has 210 valence electrons. The van der Waals surface area contributed by atoms with Gasteiger partial charge in [-0.2, -0.15) is 0 Å². The molecule has 0 amide bonds. The van der Waals surface area contributed by atoms with E-state index in [1.807, 2.05) is 35.8 Å². The minimum Gasteiger partial charge on any atom is -0.481 e. The Morgan fingerprint density at radius 2 is 1.64 bits per heavy atom. The van der Waals surface area contributed by atoms with E-state index >= 15 is 0 Å².